The zero-order valence-corrected chi connectivity index (χ0v) is 20.3. The van der Waals surface area contributed by atoms with Gasteiger partial charge in [0.05, 0.1) is 13.3 Å². The van der Waals surface area contributed by atoms with Crippen LogP contribution < -0.4 is 31.8 Å². The number of rotatable bonds is 7. The van der Waals surface area contributed by atoms with E-state index in [0.29, 0.717) is 16.1 Å². The lowest BCUT2D eigenvalue weighted by Crippen LogP contribution is -3.00. The largest absolute Gasteiger partial charge is 1.00 e. The molecule has 172 valence electrons. The number of carbonyl (C=O) groups excluding carboxylic acids is 1. The summed E-state index contributed by atoms with van der Waals surface area (Å²) in [6.07, 6.45) is 6.13. The number of halogens is 2. The molecule has 0 aliphatic carbocycles. The van der Waals surface area contributed by atoms with E-state index in [1.165, 1.54) is 4.68 Å². The molecule has 0 radical (unpaired) electrons. The first kappa shape index (κ1) is 24.9. The Bertz CT molecular complexity index is 1360. The van der Waals surface area contributed by atoms with Crippen LogP contribution in [-0.4, -0.2) is 34.0 Å². The van der Waals surface area contributed by atoms with Gasteiger partial charge in [0.1, 0.15) is 11.9 Å². The predicted molar refractivity (Wildman–Crippen MR) is 124 cm³/mol. The monoisotopic (exact) mass is 539 g/mol. The maximum absolute atomic E-state index is 12.5. The predicted octanol–water partition coefficient (Wildman–Crippen LogP) is 0.0239. The smallest absolute Gasteiger partial charge is 0.293 e. The van der Waals surface area contributed by atoms with Gasteiger partial charge in [-0.3, -0.25) is 9.59 Å². The van der Waals surface area contributed by atoms with Crippen molar-refractivity contribution in [2.75, 3.05) is 7.11 Å². The van der Waals surface area contributed by atoms with Crippen LogP contribution in [-0.2, 0) is 6.54 Å². The van der Waals surface area contributed by atoms with E-state index in [4.69, 9.17) is 16.3 Å². The summed E-state index contributed by atoms with van der Waals surface area (Å²) >= 11 is 5.88. The molecule has 34 heavy (non-hydrogen) atoms. The van der Waals surface area contributed by atoms with Gasteiger partial charge >= 0.3 is 0 Å². The SMILES string of the molecule is COc1ccc(/C=N/n2c(-c3cc[n+](CC(=O)c4ccc(Cl)cc4)cc3)nncc2=O)cc1.[Br-]. The summed E-state index contributed by atoms with van der Waals surface area (Å²) in [7, 11) is 1.59. The Balaban J connectivity index is 0.00000324. The Labute approximate surface area is 210 Å². The molecule has 0 bridgehead atoms. The van der Waals surface area contributed by atoms with Crippen LogP contribution in [0.5, 0.6) is 5.75 Å². The van der Waals surface area contributed by atoms with Gasteiger partial charge < -0.3 is 21.7 Å². The van der Waals surface area contributed by atoms with Crippen LogP contribution in [0.25, 0.3) is 11.4 Å². The summed E-state index contributed by atoms with van der Waals surface area (Å²) < 4.78 is 8.06. The lowest BCUT2D eigenvalue weighted by molar-refractivity contribution is -0.683. The topological polar surface area (TPSA) is 90.3 Å². The van der Waals surface area contributed by atoms with E-state index in [0.717, 1.165) is 17.5 Å². The molecule has 2 aromatic heterocycles. The third-order valence-corrected chi connectivity index (χ3v) is 5.06. The summed E-state index contributed by atoms with van der Waals surface area (Å²) in [4.78, 5) is 24.9. The maximum atomic E-state index is 12.5. The number of hydrogen-bond donors (Lipinski definition) is 0. The van der Waals surface area contributed by atoms with Gasteiger partial charge in [0.15, 0.2) is 18.2 Å². The fourth-order valence-corrected chi connectivity index (χ4v) is 3.17. The highest BCUT2D eigenvalue weighted by molar-refractivity contribution is 6.30. The first-order chi connectivity index (χ1) is 16.0. The van der Waals surface area contributed by atoms with Crippen molar-refractivity contribution in [3.05, 3.63) is 106 Å². The molecule has 0 saturated heterocycles. The first-order valence-electron chi connectivity index (χ1n) is 9.95. The number of methoxy groups -OCH3 is 1. The van der Waals surface area contributed by atoms with Crippen LogP contribution in [0.1, 0.15) is 15.9 Å². The molecule has 4 aromatic rings. The molecule has 0 N–H and O–H groups in total. The second-order valence-electron chi connectivity index (χ2n) is 7.03. The number of Topliss-reactive ketones (excluding diaryl/α,β-unsaturated/α-hetero) is 1. The van der Waals surface area contributed by atoms with Crippen molar-refractivity contribution in [1.29, 1.82) is 0 Å². The number of carbonyl (C=O) groups is 1. The first-order valence-corrected chi connectivity index (χ1v) is 10.3. The lowest BCUT2D eigenvalue weighted by atomic mass is 10.1. The number of benzene rings is 2. The van der Waals surface area contributed by atoms with Crippen LogP contribution in [0.4, 0.5) is 0 Å². The number of pyridine rings is 1. The van der Waals surface area contributed by atoms with Crippen molar-refractivity contribution < 1.29 is 31.1 Å². The molecule has 2 aromatic carbocycles. The van der Waals surface area contributed by atoms with Crippen molar-refractivity contribution in [2.45, 2.75) is 6.54 Å². The highest BCUT2D eigenvalue weighted by atomic mass is 79.9. The minimum absolute atomic E-state index is 0. The molecule has 10 heteroatoms. The van der Waals surface area contributed by atoms with E-state index >= 15 is 0 Å². The lowest BCUT2D eigenvalue weighted by Gasteiger charge is -2.05. The fourth-order valence-electron chi connectivity index (χ4n) is 3.05. The van der Waals surface area contributed by atoms with Crippen LogP contribution in [0.3, 0.4) is 0 Å². The summed E-state index contributed by atoms with van der Waals surface area (Å²) in [5, 5.41) is 12.7. The Kier molecular flexibility index (Phi) is 8.39. The van der Waals surface area contributed by atoms with Gasteiger partial charge in [-0.1, -0.05) is 11.6 Å². The quantitative estimate of drug-likeness (QED) is 0.187. The van der Waals surface area contributed by atoms with Crippen LogP contribution >= 0.6 is 11.6 Å². The van der Waals surface area contributed by atoms with Crippen molar-refractivity contribution in [2.24, 2.45) is 5.10 Å². The van der Waals surface area contributed by atoms with Gasteiger partial charge in [-0.05, 0) is 54.1 Å². The Hall–Kier alpha value is -3.69. The fraction of sp³-hybridized carbons (Fsp3) is 0.0833. The van der Waals surface area contributed by atoms with Crippen molar-refractivity contribution in [3.8, 4) is 17.1 Å². The zero-order valence-electron chi connectivity index (χ0n) is 18.0. The maximum Gasteiger partial charge on any atom is 0.293 e. The molecular weight excluding hydrogens is 522 g/mol. The van der Waals surface area contributed by atoms with Gasteiger partial charge in [-0.25, -0.2) is 0 Å². The minimum Gasteiger partial charge on any atom is -1.00 e. The Morgan fingerprint density at radius 1 is 1.09 bits per heavy atom. The van der Waals surface area contributed by atoms with E-state index in [1.807, 2.05) is 12.1 Å². The summed E-state index contributed by atoms with van der Waals surface area (Å²) in [5.41, 5.74) is 1.57. The third kappa shape index (κ3) is 6.00. The van der Waals surface area contributed by atoms with Crippen LogP contribution in [0.15, 0.2) is 89.2 Å². The zero-order chi connectivity index (χ0) is 23.2. The molecule has 0 aliphatic rings. The molecular formula is C24H19BrClN5O3. The van der Waals surface area contributed by atoms with Gasteiger partial charge in [0.25, 0.3) is 5.56 Å². The molecule has 0 spiro atoms. The second-order valence-corrected chi connectivity index (χ2v) is 7.46. The van der Waals surface area contributed by atoms with E-state index in [2.05, 4.69) is 15.3 Å². The molecule has 0 aliphatic heterocycles. The van der Waals surface area contributed by atoms with E-state index in [9.17, 15) is 9.59 Å². The summed E-state index contributed by atoms with van der Waals surface area (Å²) in [6, 6.07) is 17.5. The van der Waals surface area contributed by atoms with Crippen LogP contribution in [0, 0.1) is 0 Å². The van der Waals surface area contributed by atoms with Gasteiger partial charge in [0.2, 0.25) is 12.3 Å². The van der Waals surface area contributed by atoms with Gasteiger partial charge in [-0.15, -0.1) is 5.10 Å². The second kappa shape index (κ2) is 11.4. The van der Waals surface area contributed by atoms with E-state index in [1.54, 1.807) is 78.8 Å². The van der Waals surface area contributed by atoms with Crippen molar-refractivity contribution in [1.82, 2.24) is 14.9 Å². The summed E-state index contributed by atoms with van der Waals surface area (Å²) in [5.74, 6) is 0.955. The molecule has 8 nitrogen and oxygen atoms in total. The number of aromatic nitrogens is 4. The van der Waals surface area contributed by atoms with Crippen LogP contribution in [0.2, 0.25) is 5.02 Å². The van der Waals surface area contributed by atoms with Gasteiger partial charge in [0, 0.05) is 28.3 Å². The third-order valence-electron chi connectivity index (χ3n) is 4.81. The molecule has 2 heterocycles. The average Bonchev–Trinajstić information content (AvgIpc) is 2.84. The minimum atomic E-state index is -0.417. The van der Waals surface area contributed by atoms with E-state index in [-0.39, 0.29) is 35.1 Å². The average molecular weight is 541 g/mol. The molecule has 0 fully saturated rings. The van der Waals surface area contributed by atoms with Gasteiger partial charge in [-0.2, -0.15) is 19.4 Å². The number of ether oxygens (including phenoxy) is 1. The number of hydrogen-bond acceptors (Lipinski definition) is 6. The molecule has 4 rings (SSSR count). The van der Waals surface area contributed by atoms with Crippen molar-refractivity contribution in [3.63, 3.8) is 0 Å². The Morgan fingerprint density at radius 2 is 1.76 bits per heavy atom. The number of nitrogens with zero attached hydrogens (tertiary/aromatic N) is 5. The van der Waals surface area contributed by atoms with E-state index < -0.39 is 5.56 Å². The molecule has 0 amide bonds. The molecule has 0 atom stereocenters. The highest BCUT2D eigenvalue weighted by Gasteiger charge is 2.14. The number of ketones is 1. The summed E-state index contributed by atoms with van der Waals surface area (Å²) in [6.45, 7) is 0.158. The highest BCUT2D eigenvalue weighted by Crippen LogP contribution is 2.14. The normalized spacial score (nSPS) is 10.6. The van der Waals surface area contributed by atoms with Crippen molar-refractivity contribution >= 4 is 23.6 Å². The molecule has 0 saturated carbocycles. The standard InChI is InChI=1S/C24H19ClN5O3.BrH/c1-33-21-8-2-17(3-9-21)14-27-30-23(32)15-26-28-24(30)19-10-12-29(13-11-19)16-22(31)18-4-6-20(25)7-5-18;/h2-15H,16H2,1H3;1H/q+1;/p-1/b27-14+;. The Morgan fingerprint density at radius 3 is 2.41 bits per heavy atom. The molecule has 0 unspecified atom stereocenters.